The van der Waals surface area contributed by atoms with Crippen molar-refractivity contribution in [2.45, 2.75) is 12.5 Å². The molecule has 0 aliphatic rings. The fourth-order valence-corrected chi connectivity index (χ4v) is 2.22. The molecule has 0 bridgehead atoms. The fourth-order valence-electron chi connectivity index (χ4n) is 1.60. The summed E-state index contributed by atoms with van der Waals surface area (Å²) in [6.07, 6.45) is 4.26. The maximum atomic E-state index is 6.12. The van der Waals surface area contributed by atoms with Crippen LogP contribution >= 0.6 is 15.9 Å². The van der Waals surface area contributed by atoms with Crippen molar-refractivity contribution >= 4 is 15.9 Å². The molecule has 2 aromatic heterocycles. The second kappa shape index (κ2) is 4.71. The highest BCUT2D eigenvalue weighted by Crippen LogP contribution is 2.21. The van der Waals surface area contributed by atoms with Gasteiger partial charge in [-0.25, -0.2) is 4.68 Å². The highest BCUT2D eigenvalue weighted by molar-refractivity contribution is 9.10. The van der Waals surface area contributed by atoms with E-state index in [2.05, 4.69) is 31.2 Å². The highest BCUT2D eigenvalue weighted by atomic mass is 79.9. The summed E-state index contributed by atoms with van der Waals surface area (Å²) in [5.74, 6) is 0. The SMILES string of the molecule is Cn1nnc(Br)c1C(N)Cc1ccncc1. The van der Waals surface area contributed by atoms with Crippen molar-refractivity contribution in [1.29, 1.82) is 0 Å². The Kier molecular flexibility index (Phi) is 3.31. The summed E-state index contributed by atoms with van der Waals surface area (Å²) in [5, 5.41) is 7.82. The van der Waals surface area contributed by atoms with Crippen LogP contribution in [0, 0.1) is 0 Å². The van der Waals surface area contributed by atoms with E-state index in [0.717, 1.165) is 17.7 Å². The van der Waals surface area contributed by atoms with E-state index in [0.29, 0.717) is 4.60 Å². The van der Waals surface area contributed by atoms with Gasteiger partial charge in [-0.15, -0.1) is 5.10 Å². The smallest absolute Gasteiger partial charge is 0.153 e. The molecule has 0 radical (unpaired) electrons. The lowest BCUT2D eigenvalue weighted by Gasteiger charge is -2.11. The molecule has 6 heteroatoms. The molecule has 0 aliphatic carbocycles. The Morgan fingerprint density at radius 1 is 1.44 bits per heavy atom. The molecule has 0 aliphatic heterocycles. The van der Waals surface area contributed by atoms with Crippen LogP contribution in [0.2, 0.25) is 0 Å². The summed E-state index contributed by atoms with van der Waals surface area (Å²) in [7, 11) is 1.83. The molecule has 0 fully saturated rings. The predicted octanol–water partition coefficient (Wildman–Crippen LogP) is 1.22. The second-order valence-electron chi connectivity index (χ2n) is 3.56. The van der Waals surface area contributed by atoms with E-state index < -0.39 is 0 Å². The Balaban J connectivity index is 2.18. The van der Waals surface area contributed by atoms with Crippen LogP contribution in [0.25, 0.3) is 0 Å². The van der Waals surface area contributed by atoms with Crippen molar-refractivity contribution in [2.24, 2.45) is 12.8 Å². The van der Waals surface area contributed by atoms with Gasteiger partial charge in [-0.3, -0.25) is 4.98 Å². The van der Waals surface area contributed by atoms with Gasteiger partial charge < -0.3 is 5.73 Å². The van der Waals surface area contributed by atoms with Crippen LogP contribution in [0.5, 0.6) is 0 Å². The Bertz CT molecular complexity index is 448. The number of hydrogen-bond donors (Lipinski definition) is 1. The summed E-state index contributed by atoms with van der Waals surface area (Å²) in [4.78, 5) is 3.97. The lowest BCUT2D eigenvalue weighted by atomic mass is 10.1. The van der Waals surface area contributed by atoms with Crippen LogP contribution in [0.3, 0.4) is 0 Å². The van der Waals surface area contributed by atoms with Crippen molar-refractivity contribution < 1.29 is 0 Å². The molecule has 84 valence electrons. The molecule has 0 amide bonds. The zero-order chi connectivity index (χ0) is 11.5. The van der Waals surface area contributed by atoms with E-state index in [9.17, 15) is 0 Å². The molecule has 2 aromatic rings. The van der Waals surface area contributed by atoms with Crippen molar-refractivity contribution in [2.75, 3.05) is 0 Å². The van der Waals surface area contributed by atoms with Crippen LogP contribution in [-0.2, 0) is 13.5 Å². The summed E-state index contributed by atoms with van der Waals surface area (Å²) in [6.45, 7) is 0. The first-order chi connectivity index (χ1) is 7.68. The van der Waals surface area contributed by atoms with Crippen LogP contribution in [-0.4, -0.2) is 20.0 Å². The van der Waals surface area contributed by atoms with E-state index in [4.69, 9.17) is 5.73 Å². The van der Waals surface area contributed by atoms with Crippen molar-refractivity contribution in [3.8, 4) is 0 Å². The third-order valence-corrected chi connectivity index (χ3v) is 2.95. The Morgan fingerprint density at radius 3 is 2.69 bits per heavy atom. The molecular weight excluding hydrogens is 270 g/mol. The average Bonchev–Trinajstić information content (AvgIpc) is 2.60. The molecule has 2 N–H and O–H groups in total. The van der Waals surface area contributed by atoms with E-state index in [-0.39, 0.29) is 6.04 Å². The largest absolute Gasteiger partial charge is 0.322 e. The van der Waals surface area contributed by atoms with E-state index >= 15 is 0 Å². The van der Waals surface area contributed by atoms with Crippen LogP contribution in [0.15, 0.2) is 29.1 Å². The summed E-state index contributed by atoms with van der Waals surface area (Å²) >= 11 is 3.34. The van der Waals surface area contributed by atoms with Crippen LogP contribution < -0.4 is 5.73 Å². The molecule has 0 spiro atoms. The second-order valence-corrected chi connectivity index (χ2v) is 4.31. The number of halogens is 1. The fraction of sp³-hybridized carbons (Fsp3) is 0.300. The van der Waals surface area contributed by atoms with E-state index in [1.54, 1.807) is 17.1 Å². The number of aromatic nitrogens is 4. The van der Waals surface area contributed by atoms with Crippen LogP contribution in [0.1, 0.15) is 17.3 Å². The highest BCUT2D eigenvalue weighted by Gasteiger charge is 2.16. The quantitative estimate of drug-likeness (QED) is 0.918. The first kappa shape index (κ1) is 11.2. The predicted molar refractivity (Wildman–Crippen MR) is 63.6 cm³/mol. The Hall–Kier alpha value is -1.27. The van der Waals surface area contributed by atoms with Gasteiger partial charge in [0.05, 0.1) is 11.7 Å². The number of rotatable bonds is 3. The van der Waals surface area contributed by atoms with E-state index in [1.165, 1.54) is 0 Å². The molecular formula is C10H12BrN5. The van der Waals surface area contributed by atoms with Gasteiger partial charge in [0.25, 0.3) is 0 Å². The standard InChI is InChI=1S/C10H12BrN5/c1-16-9(10(11)14-15-16)8(12)6-7-2-4-13-5-3-7/h2-5,8H,6,12H2,1H3. The van der Waals surface area contributed by atoms with Crippen molar-refractivity contribution in [1.82, 2.24) is 20.0 Å². The van der Waals surface area contributed by atoms with Gasteiger partial charge in [0.2, 0.25) is 0 Å². The minimum atomic E-state index is -0.128. The number of nitrogens with zero attached hydrogens (tertiary/aromatic N) is 4. The molecule has 0 saturated carbocycles. The van der Waals surface area contributed by atoms with Crippen molar-refractivity contribution in [3.63, 3.8) is 0 Å². The lowest BCUT2D eigenvalue weighted by molar-refractivity contribution is 0.606. The third kappa shape index (κ3) is 2.28. The Morgan fingerprint density at radius 2 is 2.12 bits per heavy atom. The van der Waals surface area contributed by atoms with Crippen LogP contribution in [0.4, 0.5) is 0 Å². The van der Waals surface area contributed by atoms with Gasteiger partial charge in [0, 0.05) is 19.4 Å². The molecule has 0 saturated heterocycles. The Labute approximate surface area is 102 Å². The molecule has 5 nitrogen and oxygen atoms in total. The monoisotopic (exact) mass is 281 g/mol. The van der Waals surface area contributed by atoms with Gasteiger partial charge >= 0.3 is 0 Å². The van der Waals surface area contributed by atoms with Gasteiger partial charge in [-0.1, -0.05) is 5.21 Å². The first-order valence-corrected chi connectivity index (χ1v) is 5.67. The van der Waals surface area contributed by atoms with E-state index in [1.807, 2.05) is 19.2 Å². The van der Waals surface area contributed by atoms with Gasteiger partial charge in [0.15, 0.2) is 4.60 Å². The lowest BCUT2D eigenvalue weighted by Crippen LogP contribution is -2.17. The number of hydrogen-bond acceptors (Lipinski definition) is 4. The topological polar surface area (TPSA) is 69.6 Å². The normalized spacial score (nSPS) is 12.7. The maximum absolute atomic E-state index is 6.12. The molecule has 2 rings (SSSR count). The minimum Gasteiger partial charge on any atom is -0.322 e. The number of aryl methyl sites for hydroxylation is 1. The van der Waals surface area contributed by atoms with Crippen molar-refractivity contribution in [3.05, 3.63) is 40.4 Å². The summed E-state index contributed by atoms with van der Waals surface area (Å²) < 4.78 is 2.40. The first-order valence-electron chi connectivity index (χ1n) is 4.88. The summed E-state index contributed by atoms with van der Waals surface area (Å²) in [5.41, 5.74) is 8.17. The number of pyridine rings is 1. The third-order valence-electron chi connectivity index (χ3n) is 2.38. The molecule has 1 atom stereocenters. The minimum absolute atomic E-state index is 0.128. The zero-order valence-electron chi connectivity index (χ0n) is 8.84. The summed E-state index contributed by atoms with van der Waals surface area (Å²) in [6, 6.07) is 3.78. The number of nitrogens with two attached hydrogens (primary N) is 1. The molecule has 2 heterocycles. The molecule has 0 aromatic carbocycles. The average molecular weight is 282 g/mol. The van der Waals surface area contributed by atoms with Gasteiger partial charge in [0.1, 0.15) is 0 Å². The maximum Gasteiger partial charge on any atom is 0.153 e. The molecule has 1 unspecified atom stereocenters. The van der Waals surface area contributed by atoms with Gasteiger partial charge in [-0.2, -0.15) is 0 Å². The molecule has 16 heavy (non-hydrogen) atoms. The van der Waals surface area contributed by atoms with Gasteiger partial charge in [-0.05, 0) is 40.0 Å². The zero-order valence-corrected chi connectivity index (χ0v) is 10.4.